The Kier molecular flexibility index (Phi) is 3.76. The lowest BCUT2D eigenvalue weighted by atomic mass is 10.2. The fraction of sp³-hybridized carbons (Fsp3) is 0.231. The van der Waals surface area contributed by atoms with Crippen LogP contribution in [0.3, 0.4) is 0 Å². The molecular formula is C13H11Cl2N5O2. The molecule has 1 aliphatic heterocycles. The summed E-state index contributed by atoms with van der Waals surface area (Å²) in [5.74, 6) is 0.212. The number of carbonyl (C=O) groups is 2. The van der Waals surface area contributed by atoms with Crippen LogP contribution in [0, 0.1) is 6.92 Å². The molecule has 114 valence electrons. The molecule has 7 nitrogen and oxygen atoms in total. The van der Waals surface area contributed by atoms with Crippen LogP contribution in [-0.4, -0.2) is 26.6 Å². The number of benzene rings is 1. The molecule has 0 aliphatic carbocycles. The first kappa shape index (κ1) is 14.8. The van der Waals surface area contributed by atoms with Crippen molar-refractivity contribution in [3.63, 3.8) is 0 Å². The van der Waals surface area contributed by atoms with Crippen LogP contribution in [0.15, 0.2) is 18.2 Å². The Balaban J connectivity index is 1.73. The molecule has 0 bridgehead atoms. The standard InChI is InChI=1S/C13H11Cl2N5O2/c1-6-16-13-18-12(22)10(20(13)19-6)5-11(21)17-9-3-2-7(14)4-8(9)15/h2-4,10H,5H2,1H3,(H,17,21)(H,16,18,19,22). The average Bonchev–Trinajstić information content (AvgIpc) is 2.91. The SMILES string of the molecule is Cc1nc2n(n1)C(CC(=O)Nc1ccc(Cl)cc1Cl)C(=O)N2. The molecule has 1 unspecified atom stereocenters. The number of rotatable bonds is 3. The summed E-state index contributed by atoms with van der Waals surface area (Å²) in [7, 11) is 0. The van der Waals surface area contributed by atoms with Gasteiger partial charge < -0.3 is 5.32 Å². The average molecular weight is 340 g/mol. The van der Waals surface area contributed by atoms with Gasteiger partial charge in [0.15, 0.2) is 0 Å². The monoisotopic (exact) mass is 339 g/mol. The van der Waals surface area contributed by atoms with E-state index >= 15 is 0 Å². The first-order valence-electron chi connectivity index (χ1n) is 6.43. The maximum Gasteiger partial charge on any atom is 0.252 e. The summed E-state index contributed by atoms with van der Waals surface area (Å²) in [6.45, 7) is 1.71. The second-order valence-electron chi connectivity index (χ2n) is 4.81. The van der Waals surface area contributed by atoms with Gasteiger partial charge in [0.2, 0.25) is 11.9 Å². The highest BCUT2D eigenvalue weighted by Gasteiger charge is 2.34. The van der Waals surface area contributed by atoms with Crippen LogP contribution in [0.4, 0.5) is 11.6 Å². The highest BCUT2D eigenvalue weighted by atomic mass is 35.5. The molecular weight excluding hydrogens is 329 g/mol. The largest absolute Gasteiger partial charge is 0.325 e. The van der Waals surface area contributed by atoms with Crippen molar-refractivity contribution in [1.82, 2.24) is 14.8 Å². The fourth-order valence-electron chi connectivity index (χ4n) is 2.18. The molecule has 2 aromatic rings. The van der Waals surface area contributed by atoms with Crippen molar-refractivity contribution in [2.24, 2.45) is 0 Å². The number of anilines is 2. The summed E-state index contributed by atoms with van der Waals surface area (Å²) in [5.41, 5.74) is 0.435. The Morgan fingerprint density at radius 3 is 2.95 bits per heavy atom. The van der Waals surface area contributed by atoms with E-state index in [1.54, 1.807) is 19.1 Å². The predicted octanol–water partition coefficient (Wildman–Crippen LogP) is 2.42. The molecule has 2 amide bonds. The van der Waals surface area contributed by atoms with Crippen LogP contribution in [0.25, 0.3) is 0 Å². The third-order valence-electron chi connectivity index (χ3n) is 3.15. The minimum atomic E-state index is -0.720. The van der Waals surface area contributed by atoms with E-state index in [-0.39, 0.29) is 18.2 Å². The number of hydrogen-bond donors (Lipinski definition) is 2. The van der Waals surface area contributed by atoms with Crippen molar-refractivity contribution in [1.29, 1.82) is 0 Å². The molecule has 22 heavy (non-hydrogen) atoms. The van der Waals surface area contributed by atoms with Crippen LogP contribution in [0.2, 0.25) is 10.0 Å². The van der Waals surface area contributed by atoms with E-state index in [0.717, 1.165) is 0 Å². The molecule has 3 rings (SSSR count). The van der Waals surface area contributed by atoms with Crippen molar-refractivity contribution < 1.29 is 9.59 Å². The van der Waals surface area contributed by atoms with Crippen molar-refractivity contribution >= 4 is 46.7 Å². The summed E-state index contributed by atoms with van der Waals surface area (Å²) < 4.78 is 1.42. The van der Waals surface area contributed by atoms with E-state index in [0.29, 0.717) is 27.5 Å². The lowest BCUT2D eigenvalue weighted by Crippen LogP contribution is -2.23. The van der Waals surface area contributed by atoms with Gasteiger partial charge in [0.25, 0.3) is 5.91 Å². The molecule has 9 heteroatoms. The highest BCUT2D eigenvalue weighted by molar-refractivity contribution is 6.36. The Morgan fingerprint density at radius 2 is 2.23 bits per heavy atom. The number of halogens is 2. The maximum absolute atomic E-state index is 12.1. The minimum absolute atomic E-state index is 0.0689. The molecule has 1 aliphatic rings. The maximum atomic E-state index is 12.1. The van der Waals surface area contributed by atoms with Gasteiger partial charge >= 0.3 is 0 Å². The van der Waals surface area contributed by atoms with Gasteiger partial charge in [-0.3, -0.25) is 14.9 Å². The van der Waals surface area contributed by atoms with E-state index in [2.05, 4.69) is 20.7 Å². The smallest absolute Gasteiger partial charge is 0.252 e. The molecule has 1 aromatic heterocycles. The van der Waals surface area contributed by atoms with Gasteiger partial charge in [-0.05, 0) is 25.1 Å². The van der Waals surface area contributed by atoms with Gasteiger partial charge in [0.1, 0.15) is 11.9 Å². The minimum Gasteiger partial charge on any atom is -0.325 e. The normalized spacial score (nSPS) is 16.3. The van der Waals surface area contributed by atoms with Crippen molar-refractivity contribution in [2.45, 2.75) is 19.4 Å². The molecule has 2 N–H and O–H groups in total. The summed E-state index contributed by atoms with van der Waals surface area (Å²) in [5, 5.41) is 10.1. The van der Waals surface area contributed by atoms with Crippen LogP contribution in [-0.2, 0) is 9.59 Å². The predicted molar refractivity (Wildman–Crippen MR) is 82.1 cm³/mol. The molecule has 0 saturated carbocycles. The van der Waals surface area contributed by atoms with Crippen LogP contribution >= 0.6 is 23.2 Å². The molecule has 0 fully saturated rings. The van der Waals surface area contributed by atoms with Crippen LogP contribution in [0.5, 0.6) is 0 Å². The van der Waals surface area contributed by atoms with Crippen LogP contribution in [0.1, 0.15) is 18.3 Å². The van der Waals surface area contributed by atoms with E-state index < -0.39 is 6.04 Å². The number of fused-ring (bicyclic) bond motifs is 1. The van der Waals surface area contributed by atoms with Crippen molar-refractivity contribution in [3.8, 4) is 0 Å². The second-order valence-corrected chi connectivity index (χ2v) is 5.65. The quantitative estimate of drug-likeness (QED) is 0.898. The van der Waals surface area contributed by atoms with Crippen molar-refractivity contribution in [2.75, 3.05) is 10.6 Å². The second kappa shape index (κ2) is 5.58. The highest BCUT2D eigenvalue weighted by Crippen LogP contribution is 2.28. The third kappa shape index (κ3) is 2.77. The first-order chi connectivity index (χ1) is 10.4. The number of aromatic nitrogens is 3. The summed E-state index contributed by atoms with van der Waals surface area (Å²) in [6, 6.07) is 4.02. The molecule has 0 spiro atoms. The Hall–Kier alpha value is -2.12. The Bertz CT molecular complexity index is 774. The van der Waals surface area contributed by atoms with E-state index in [1.807, 2.05) is 0 Å². The summed E-state index contributed by atoms with van der Waals surface area (Å²) in [6.07, 6.45) is -0.0689. The summed E-state index contributed by atoms with van der Waals surface area (Å²) >= 11 is 11.8. The first-order valence-corrected chi connectivity index (χ1v) is 7.18. The Labute approximate surface area is 135 Å². The topological polar surface area (TPSA) is 88.9 Å². The molecule has 1 atom stereocenters. The zero-order chi connectivity index (χ0) is 15.9. The molecule has 2 heterocycles. The van der Waals surface area contributed by atoms with Gasteiger partial charge in [-0.2, -0.15) is 10.1 Å². The molecule has 0 radical (unpaired) electrons. The van der Waals surface area contributed by atoms with Crippen LogP contribution < -0.4 is 10.6 Å². The fourth-order valence-corrected chi connectivity index (χ4v) is 2.64. The number of nitrogens with one attached hydrogen (secondary N) is 2. The zero-order valence-electron chi connectivity index (χ0n) is 11.4. The van der Waals surface area contributed by atoms with Gasteiger partial charge in [-0.15, -0.1) is 0 Å². The Morgan fingerprint density at radius 1 is 1.45 bits per heavy atom. The molecule has 1 aromatic carbocycles. The third-order valence-corrected chi connectivity index (χ3v) is 3.70. The number of amides is 2. The lowest BCUT2D eigenvalue weighted by molar-refractivity contribution is -0.123. The number of aryl methyl sites for hydroxylation is 1. The van der Waals surface area contributed by atoms with Gasteiger partial charge in [-0.25, -0.2) is 4.68 Å². The van der Waals surface area contributed by atoms with E-state index in [4.69, 9.17) is 23.2 Å². The lowest BCUT2D eigenvalue weighted by Gasteiger charge is -2.11. The van der Waals surface area contributed by atoms with Crippen molar-refractivity contribution in [3.05, 3.63) is 34.1 Å². The van der Waals surface area contributed by atoms with Gasteiger partial charge in [-0.1, -0.05) is 23.2 Å². The number of nitrogens with zero attached hydrogens (tertiary/aromatic N) is 3. The number of hydrogen-bond acceptors (Lipinski definition) is 4. The van der Waals surface area contributed by atoms with E-state index in [1.165, 1.54) is 10.7 Å². The molecule has 0 saturated heterocycles. The van der Waals surface area contributed by atoms with Gasteiger partial charge in [0, 0.05) is 5.02 Å². The van der Waals surface area contributed by atoms with Gasteiger partial charge in [0.05, 0.1) is 17.1 Å². The zero-order valence-corrected chi connectivity index (χ0v) is 12.9. The number of carbonyl (C=O) groups excluding carboxylic acids is 2. The van der Waals surface area contributed by atoms with E-state index in [9.17, 15) is 9.59 Å². The summed E-state index contributed by atoms with van der Waals surface area (Å²) in [4.78, 5) is 28.1.